The molecule has 0 aliphatic carbocycles. The van der Waals surface area contributed by atoms with Crippen LogP contribution in [0, 0.1) is 5.92 Å². The monoisotopic (exact) mass is 406 g/mol. The molecule has 2 rings (SSSR count). The number of hydrogen-bond acceptors (Lipinski definition) is 8. The van der Waals surface area contributed by atoms with Gasteiger partial charge < -0.3 is 30.5 Å². The zero-order valence-corrected chi connectivity index (χ0v) is 17.3. The van der Waals surface area contributed by atoms with Crippen LogP contribution in [0.2, 0.25) is 0 Å². The van der Waals surface area contributed by atoms with Crippen LogP contribution < -0.4 is 5.32 Å². The first-order valence-corrected chi connectivity index (χ1v) is 10.9. The number of nitrogens with one attached hydrogen (secondary N) is 1. The van der Waals surface area contributed by atoms with Crippen molar-refractivity contribution in [2.24, 2.45) is 5.92 Å². The van der Waals surface area contributed by atoms with Gasteiger partial charge in [0.2, 0.25) is 5.91 Å². The summed E-state index contributed by atoms with van der Waals surface area (Å²) in [5.41, 5.74) is -0.755. The minimum atomic E-state index is -1.42. The van der Waals surface area contributed by atoms with Crippen LogP contribution in [0.4, 0.5) is 0 Å². The zero-order valence-electron chi connectivity index (χ0n) is 16.5. The van der Waals surface area contributed by atoms with Gasteiger partial charge in [0.25, 0.3) is 0 Å². The van der Waals surface area contributed by atoms with E-state index in [1.807, 2.05) is 11.9 Å². The zero-order chi connectivity index (χ0) is 20.3. The molecular formula is C18H34N2O6S. The molecule has 2 fully saturated rings. The van der Waals surface area contributed by atoms with E-state index in [0.717, 1.165) is 25.8 Å². The first-order valence-electron chi connectivity index (χ1n) is 9.62. The molecule has 2 aliphatic rings. The molecule has 0 saturated carbocycles. The van der Waals surface area contributed by atoms with E-state index < -0.39 is 42.0 Å². The third kappa shape index (κ3) is 5.14. The highest BCUT2D eigenvalue weighted by Gasteiger charge is 2.48. The summed E-state index contributed by atoms with van der Waals surface area (Å²) in [6.45, 7) is 4.48. The van der Waals surface area contributed by atoms with E-state index in [1.165, 1.54) is 18.7 Å². The van der Waals surface area contributed by atoms with Gasteiger partial charge in [-0.3, -0.25) is 9.69 Å². The SMILES string of the molecule is CCC[C@@H]1C[C@@H](C(=O)N[C@@H]([C@H]2O[C@H](SC)[C@H](O)[C@@H](O)[C@@H]2O)[C@@H](C)O)N(C)C1. The van der Waals surface area contributed by atoms with Crippen LogP contribution in [-0.2, 0) is 9.53 Å². The maximum Gasteiger partial charge on any atom is 0.237 e. The number of likely N-dealkylation sites (N-methyl/N-ethyl adjacent to an activating group) is 1. The first-order chi connectivity index (χ1) is 12.7. The van der Waals surface area contributed by atoms with Gasteiger partial charge in [0.1, 0.15) is 29.9 Å². The van der Waals surface area contributed by atoms with Crippen molar-refractivity contribution >= 4 is 17.7 Å². The number of carbonyl (C=O) groups is 1. The number of hydrogen-bond donors (Lipinski definition) is 5. The van der Waals surface area contributed by atoms with E-state index in [9.17, 15) is 25.2 Å². The molecule has 158 valence electrons. The quantitative estimate of drug-likeness (QED) is 0.370. The Morgan fingerprint density at radius 2 is 1.96 bits per heavy atom. The molecule has 9 heteroatoms. The summed E-state index contributed by atoms with van der Waals surface area (Å²) in [5.74, 6) is 0.245. The van der Waals surface area contributed by atoms with Gasteiger partial charge >= 0.3 is 0 Å². The van der Waals surface area contributed by atoms with Crippen LogP contribution >= 0.6 is 11.8 Å². The van der Waals surface area contributed by atoms with Gasteiger partial charge in [0.05, 0.1) is 18.2 Å². The van der Waals surface area contributed by atoms with Crippen molar-refractivity contribution in [2.45, 2.75) is 81.1 Å². The van der Waals surface area contributed by atoms with Crippen LogP contribution in [-0.4, -0.2) is 99.1 Å². The third-order valence-electron chi connectivity index (χ3n) is 5.66. The van der Waals surface area contributed by atoms with Crippen molar-refractivity contribution < 1.29 is 30.0 Å². The standard InChI is InChI=1S/C18H34N2O6S/c1-5-6-10-7-11(20(3)8-10)17(25)19-12(9(2)21)16-14(23)13(22)15(24)18(26-16)27-4/h9-16,18,21-24H,5-8H2,1-4H3,(H,19,25)/t9-,10-,11+,12-,13+,14+,15-,16-,18-/m1/s1. The largest absolute Gasteiger partial charge is 0.391 e. The van der Waals surface area contributed by atoms with E-state index in [0.29, 0.717) is 5.92 Å². The highest BCUT2D eigenvalue weighted by Crippen LogP contribution is 2.30. The molecule has 0 aromatic heterocycles. The molecule has 2 saturated heterocycles. The molecule has 0 radical (unpaired) electrons. The molecule has 0 aromatic rings. The number of aliphatic hydroxyl groups is 4. The second kappa shape index (κ2) is 9.87. The van der Waals surface area contributed by atoms with E-state index in [2.05, 4.69) is 12.2 Å². The second-order valence-electron chi connectivity index (χ2n) is 7.80. The summed E-state index contributed by atoms with van der Waals surface area (Å²) in [5, 5.41) is 43.5. The average molecular weight is 407 g/mol. The van der Waals surface area contributed by atoms with Gasteiger partial charge in [-0.1, -0.05) is 13.3 Å². The smallest absolute Gasteiger partial charge is 0.237 e. The number of carbonyl (C=O) groups excluding carboxylic acids is 1. The second-order valence-corrected chi connectivity index (χ2v) is 8.73. The summed E-state index contributed by atoms with van der Waals surface area (Å²) >= 11 is 1.20. The van der Waals surface area contributed by atoms with Crippen LogP contribution in [0.1, 0.15) is 33.1 Å². The van der Waals surface area contributed by atoms with E-state index >= 15 is 0 Å². The van der Waals surface area contributed by atoms with Crippen molar-refractivity contribution in [1.29, 1.82) is 0 Å². The minimum absolute atomic E-state index is 0.223. The Morgan fingerprint density at radius 1 is 1.30 bits per heavy atom. The Hall–Kier alpha value is -0.420. The first kappa shape index (κ1) is 22.9. The normalized spacial score (nSPS) is 39.9. The lowest BCUT2D eigenvalue weighted by atomic mass is 9.92. The van der Waals surface area contributed by atoms with Crippen molar-refractivity contribution in [3.8, 4) is 0 Å². The summed E-state index contributed by atoms with van der Waals surface area (Å²) < 4.78 is 5.72. The van der Waals surface area contributed by atoms with Gasteiger partial charge in [-0.25, -0.2) is 0 Å². The molecule has 0 bridgehead atoms. The lowest BCUT2D eigenvalue weighted by Gasteiger charge is -2.44. The van der Waals surface area contributed by atoms with Crippen LogP contribution in [0.15, 0.2) is 0 Å². The van der Waals surface area contributed by atoms with Gasteiger partial charge in [-0.05, 0) is 39.0 Å². The third-order valence-corrected chi connectivity index (χ3v) is 6.51. The lowest BCUT2D eigenvalue weighted by Crippen LogP contribution is -2.65. The molecule has 5 N–H and O–H groups in total. The predicted molar refractivity (Wildman–Crippen MR) is 103 cm³/mol. The maximum absolute atomic E-state index is 12.8. The topological polar surface area (TPSA) is 122 Å². The Bertz CT molecular complexity index is 494. The molecule has 2 aliphatic heterocycles. The van der Waals surface area contributed by atoms with E-state index in [-0.39, 0.29) is 11.9 Å². The van der Waals surface area contributed by atoms with Gasteiger partial charge in [-0.2, -0.15) is 0 Å². The van der Waals surface area contributed by atoms with Crippen molar-refractivity contribution in [2.75, 3.05) is 19.8 Å². The van der Waals surface area contributed by atoms with Crippen molar-refractivity contribution in [3.63, 3.8) is 0 Å². The lowest BCUT2D eigenvalue weighted by molar-refractivity contribution is -0.211. The average Bonchev–Trinajstić information content (AvgIpc) is 2.99. The molecule has 1 amide bonds. The minimum Gasteiger partial charge on any atom is -0.391 e. The number of amides is 1. The number of thioether (sulfide) groups is 1. The van der Waals surface area contributed by atoms with Gasteiger partial charge in [0, 0.05) is 6.54 Å². The molecule has 0 aromatic carbocycles. The Balaban J connectivity index is 2.09. The molecule has 0 unspecified atom stereocenters. The van der Waals surface area contributed by atoms with Crippen LogP contribution in [0.3, 0.4) is 0 Å². The van der Waals surface area contributed by atoms with Crippen molar-refractivity contribution in [3.05, 3.63) is 0 Å². The van der Waals surface area contributed by atoms with Crippen LogP contribution in [0.25, 0.3) is 0 Å². The fourth-order valence-corrected chi connectivity index (χ4v) is 4.81. The number of nitrogens with zero attached hydrogens (tertiary/aromatic N) is 1. The molecular weight excluding hydrogens is 372 g/mol. The molecule has 2 heterocycles. The van der Waals surface area contributed by atoms with Gasteiger partial charge in [-0.15, -0.1) is 11.8 Å². The summed E-state index contributed by atoms with van der Waals surface area (Å²) in [7, 11) is 1.91. The summed E-state index contributed by atoms with van der Waals surface area (Å²) in [4.78, 5) is 14.9. The highest BCUT2D eigenvalue weighted by atomic mass is 32.2. The number of rotatable bonds is 7. The molecule has 8 nitrogen and oxygen atoms in total. The fraction of sp³-hybridized carbons (Fsp3) is 0.944. The predicted octanol–water partition coefficient (Wildman–Crippen LogP) is -0.857. The molecule has 0 spiro atoms. The summed E-state index contributed by atoms with van der Waals surface area (Å²) in [6, 6.07) is -1.20. The Kier molecular flexibility index (Phi) is 8.35. The maximum atomic E-state index is 12.8. The van der Waals surface area contributed by atoms with Gasteiger partial charge in [0.15, 0.2) is 0 Å². The number of ether oxygens (including phenoxy) is 1. The fourth-order valence-electron chi connectivity index (χ4n) is 4.13. The number of likely N-dealkylation sites (tertiary alicyclic amines) is 1. The number of aliphatic hydroxyl groups excluding tert-OH is 4. The molecule has 9 atom stereocenters. The van der Waals surface area contributed by atoms with Crippen LogP contribution in [0.5, 0.6) is 0 Å². The van der Waals surface area contributed by atoms with Crippen molar-refractivity contribution in [1.82, 2.24) is 10.2 Å². The van der Waals surface area contributed by atoms with E-state index in [1.54, 1.807) is 6.26 Å². The Morgan fingerprint density at radius 3 is 2.52 bits per heavy atom. The molecule has 27 heavy (non-hydrogen) atoms. The Labute approximate surface area is 165 Å². The highest BCUT2D eigenvalue weighted by molar-refractivity contribution is 7.99. The van der Waals surface area contributed by atoms with E-state index in [4.69, 9.17) is 4.74 Å². The summed E-state index contributed by atoms with van der Waals surface area (Å²) in [6.07, 6.45) is -1.50.